The Morgan fingerprint density at radius 2 is 1.77 bits per heavy atom. The molecule has 0 aromatic heterocycles. The van der Waals surface area contributed by atoms with Crippen LogP contribution < -0.4 is 5.32 Å². The minimum Gasteiger partial charge on any atom is -0.321 e. The van der Waals surface area contributed by atoms with E-state index in [1.807, 2.05) is 0 Å². The van der Waals surface area contributed by atoms with E-state index < -0.39 is 15.9 Å². The van der Waals surface area contributed by atoms with Gasteiger partial charge in [-0.05, 0) is 55.7 Å². The first-order valence-electron chi connectivity index (χ1n) is 8.16. The number of carbonyl (C=O) groups is 1. The predicted octanol–water partition coefficient (Wildman–Crippen LogP) is 4.34. The average molecular weight is 413 g/mol. The molecule has 1 aliphatic rings. The van der Waals surface area contributed by atoms with Crippen LogP contribution in [0.1, 0.15) is 28.8 Å². The van der Waals surface area contributed by atoms with Gasteiger partial charge in [0, 0.05) is 23.7 Å². The number of nitrogens with one attached hydrogen (secondary N) is 1. The second-order valence-corrected chi connectivity index (χ2v) is 8.92. The SMILES string of the molecule is Cc1ccc(C(=O)Nc2cc(Cl)ccc2Cl)cc1S(=O)(=O)N1CCCC1. The highest BCUT2D eigenvalue weighted by atomic mass is 35.5. The normalized spacial score (nSPS) is 15.2. The van der Waals surface area contributed by atoms with Gasteiger partial charge in [-0.25, -0.2) is 8.42 Å². The molecule has 138 valence electrons. The molecular formula is C18H18Cl2N2O3S. The van der Waals surface area contributed by atoms with Gasteiger partial charge in [-0.3, -0.25) is 4.79 Å². The van der Waals surface area contributed by atoms with Crippen molar-refractivity contribution < 1.29 is 13.2 Å². The first kappa shape index (κ1) is 19.2. The van der Waals surface area contributed by atoms with Gasteiger partial charge in [0.05, 0.1) is 15.6 Å². The van der Waals surface area contributed by atoms with Crippen molar-refractivity contribution in [1.82, 2.24) is 4.31 Å². The van der Waals surface area contributed by atoms with E-state index in [0.717, 1.165) is 12.8 Å². The first-order valence-corrected chi connectivity index (χ1v) is 10.4. The number of amides is 1. The fourth-order valence-electron chi connectivity index (χ4n) is 2.87. The molecule has 1 amide bonds. The maximum Gasteiger partial charge on any atom is 0.255 e. The number of sulfonamides is 1. The second-order valence-electron chi connectivity index (χ2n) is 6.17. The maximum absolute atomic E-state index is 12.8. The second kappa shape index (κ2) is 7.56. The molecule has 5 nitrogen and oxygen atoms in total. The Labute approximate surface area is 163 Å². The van der Waals surface area contributed by atoms with Crippen LogP contribution in [0.25, 0.3) is 0 Å². The van der Waals surface area contributed by atoms with E-state index in [0.29, 0.717) is 34.4 Å². The number of anilines is 1. The predicted molar refractivity (Wildman–Crippen MR) is 104 cm³/mol. The highest BCUT2D eigenvalue weighted by Gasteiger charge is 2.29. The Hall–Kier alpha value is -1.60. The minimum atomic E-state index is -3.61. The van der Waals surface area contributed by atoms with Gasteiger partial charge in [-0.1, -0.05) is 29.3 Å². The van der Waals surface area contributed by atoms with Crippen LogP contribution in [-0.2, 0) is 10.0 Å². The van der Waals surface area contributed by atoms with Crippen LogP contribution in [0.15, 0.2) is 41.3 Å². The van der Waals surface area contributed by atoms with Gasteiger partial charge in [0.1, 0.15) is 0 Å². The summed E-state index contributed by atoms with van der Waals surface area (Å²) in [6.45, 7) is 2.74. The highest BCUT2D eigenvalue weighted by Crippen LogP contribution is 2.27. The van der Waals surface area contributed by atoms with Crippen LogP contribution in [0.2, 0.25) is 10.0 Å². The maximum atomic E-state index is 12.8. The van der Waals surface area contributed by atoms with Gasteiger partial charge in [-0.2, -0.15) is 4.31 Å². The molecular weight excluding hydrogens is 395 g/mol. The lowest BCUT2D eigenvalue weighted by Crippen LogP contribution is -2.28. The molecule has 2 aromatic carbocycles. The Morgan fingerprint density at radius 1 is 1.08 bits per heavy atom. The molecule has 0 saturated carbocycles. The first-order chi connectivity index (χ1) is 12.3. The summed E-state index contributed by atoms with van der Waals surface area (Å²) >= 11 is 12.0. The zero-order valence-corrected chi connectivity index (χ0v) is 16.5. The topological polar surface area (TPSA) is 66.5 Å². The molecule has 0 bridgehead atoms. The van der Waals surface area contributed by atoms with Crippen LogP contribution in [0.5, 0.6) is 0 Å². The van der Waals surface area contributed by atoms with E-state index in [2.05, 4.69) is 5.32 Å². The van der Waals surface area contributed by atoms with Crippen molar-refractivity contribution in [2.45, 2.75) is 24.7 Å². The fraction of sp³-hybridized carbons (Fsp3) is 0.278. The summed E-state index contributed by atoms with van der Waals surface area (Å²) in [7, 11) is -3.61. The van der Waals surface area contributed by atoms with Crippen LogP contribution in [0, 0.1) is 6.92 Å². The third kappa shape index (κ3) is 3.88. The molecule has 0 spiro atoms. The zero-order chi connectivity index (χ0) is 18.9. The number of aryl methyl sites for hydroxylation is 1. The average Bonchev–Trinajstić information content (AvgIpc) is 3.13. The number of nitrogens with zero attached hydrogens (tertiary/aromatic N) is 1. The lowest BCUT2D eigenvalue weighted by atomic mass is 10.1. The van der Waals surface area contributed by atoms with E-state index in [1.165, 1.54) is 16.4 Å². The van der Waals surface area contributed by atoms with Crippen LogP contribution in [0.4, 0.5) is 5.69 Å². The Balaban J connectivity index is 1.92. The standard InChI is InChI=1S/C18H18Cl2N2O3S/c1-12-4-5-13(10-17(12)26(24,25)22-8-2-3-9-22)18(23)21-16-11-14(19)6-7-15(16)20/h4-7,10-11H,2-3,8-9H2,1H3,(H,21,23). The third-order valence-electron chi connectivity index (χ3n) is 4.31. The van der Waals surface area contributed by atoms with Gasteiger partial charge in [-0.15, -0.1) is 0 Å². The van der Waals surface area contributed by atoms with Crippen molar-refractivity contribution in [3.8, 4) is 0 Å². The van der Waals surface area contributed by atoms with E-state index in [4.69, 9.17) is 23.2 Å². The number of rotatable bonds is 4. The molecule has 1 N–H and O–H groups in total. The van der Waals surface area contributed by atoms with Crippen molar-refractivity contribution in [2.24, 2.45) is 0 Å². The van der Waals surface area contributed by atoms with Crippen molar-refractivity contribution in [1.29, 1.82) is 0 Å². The summed E-state index contributed by atoms with van der Waals surface area (Å²) in [6.07, 6.45) is 1.71. The number of hydrogen-bond donors (Lipinski definition) is 1. The summed E-state index contributed by atoms with van der Waals surface area (Å²) in [5, 5.41) is 3.45. The molecule has 0 unspecified atom stereocenters. The smallest absolute Gasteiger partial charge is 0.255 e. The van der Waals surface area contributed by atoms with Gasteiger partial charge in [0.25, 0.3) is 5.91 Å². The third-order valence-corrected chi connectivity index (χ3v) is 6.92. The molecule has 1 heterocycles. The van der Waals surface area contributed by atoms with Crippen LogP contribution in [-0.4, -0.2) is 31.7 Å². The minimum absolute atomic E-state index is 0.157. The quantitative estimate of drug-likeness (QED) is 0.811. The van der Waals surface area contributed by atoms with Gasteiger partial charge in [0.15, 0.2) is 0 Å². The summed E-state index contributed by atoms with van der Waals surface area (Å²) in [5.41, 5.74) is 1.22. The monoisotopic (exact) mass is 412 g/mol. The Bertz CT molecular complexity index is 955. The van der Waals surface area contributed by atoms with Crippen LogP contribution >= 0.6 is 23.2 Å². The number of hydrogen-bond acceptors (Lipinski definition) is 3. The van der Waals surface area contributed by atoms with E-state index in [1.54, 1.807) is 31.2 Å². The van der Waals surface area contributed by atoms with Gasteiger partial charge >= 0.3 is 0 Å². The summed E-state index contributed by atoms with van der Waals surface area (Å²) in [4.78, 5) is 12.7. The summed E-state index contributed by atoms with van der Waals surface area (Å²) < 4.78 is 27.1. The van der Waals surface area contributed by atoms with Crippen molar-refractivity contribution in [3.05, 3.63) is 57.6 Å². The van der Waals surface area contributed by atoms with Crippen molar-refractivity contribution in [3.63, 3.8) is 0 Å². The molecule has 1 saturated heterocycles. The molecule has 26 heavy (non-hydrogen) atoms. The zero-order valence-electron chi connectivity index (χ0n) is 14.1. The molecule has 3 rings (SSSR count). The largest absolute Gasteiger partial charge is 0.321 e. The molecule has 0 aliphatic carbocycles. The van der Waals surface area contributed by atoms with E-state index >= 15 is 0 Å². The van der Waals surface area contributed by atoms with Gasteiger partial charge < -0.3 is 5.32 Å². The van der Waals surface area contributed by atoms with E-state index in [-0.39, 0.29) is 10.5 Å². The van der Waals surface area contributed by atoms with Gasteiger partial charge in [0.2, 0.25) is 10.0 Å². The lowest BCUT2D eigenvalue weighted by molar-refractivity contribution is 0.102. The Kier molecular flexibility index (Phi) is 5.58. The molecule has 1 fully saturated rings. The Morgan fingerprint density at radius 3 is 2.46 bits per heavy atom. The lowest BCUT2D eigenvalue weighted by Gasteiger charge is -2.18. The molecule has 2 aromatic rings. The van der Waals surface area contributed by atoms with Crippen LogP contribution in [0.3, 0.4) is 0 Å². The van der Waals surface area contributed by atoms with Crippen molar-refractivity contribution in [2.75, 3.05) is 18.4 Å². The van der Waals surface area contributed by atoms with Crippen molar-refractivity contribution >= 4 is 44.8 Å². The number of carbonyl (C=O) groups excluding carboxylic acids is 1. The molecule has 1 aliphatic heterocycles. The summed E-state index contributed by atoms with van der Waals surface area (Å²) in [5.74, 6) is -0.452. The number of halogens is 2. The fourth-order valence-corrected chi connectivity index (χ4v) is 4.98. The highest BCUT2D eigenvalue weighted by molar-refractivity contribution is 7.89. The van der Waals surface area contributed by atoms with E-state index in [9.17, 15) is 13.2 Å². The molecule has 0 radical (unpaired) electrons. The molecule has 8 heteroatoms. The number of benzene rings is 2. The summed E-state index contributed by atoms with van der Waals surface area (Å²) in [6, 6.07) is 9.38. The molecule has 0 atom stereocenters.